The first-order valence-electron chi connectivity index (χ1n) is 5.70. The Hall–Kier alpha value is -2.15. The topological polar surface area (TPSA) is 84.1 Å². The molecule has 0 aliphatic carbocycles. The zero-order valence-electron chi connectivity index (χ0n) is 10.5. The fourth-order valence-electron chi connectivity index (χ4n) is 1.55. The lowest BCUT2D eigenvalue weighted by Gasteiger charge is -2.04. The fraction of sp³-hybridized carbons (Fsp3) is 0.250. The summed E-state index contributed by atoms with van der Waals surface area (Å²) in [5.41, 5.74) is 0.812. The van der Waals surface area contributed by atoms with E-state index in [0.717, 1.165) is 0 Å². The number of carbonyl (C=O) groups is 2. The first-order chi connectivity index (χ1) is 9.13. The minimum atomic E-state index is -0.504. The van der Waals surface area contributed by atoms with Crippen LogP contribution in [0.4, 0.5) is 5.82 Å². The molecule has 19 heavy (non-hydrogen) atoms. The number of aromatic nitrogens is 2. The maximum absolute atomic E-state index is 11.9. The number of anilines is 1. The van der Waals surface area contributed by atoms with Gasteiger partial charge in [-0.15, -0.1) is 11.3 Å². The number of nitrogens with one attached hydrogen (secondary N) is 2. The molecule has 0 fully saturated rings. The van der Waals surface area contributed by atoms with Crippen LogP contribution in [-0.2, 0) is 4.74 Å². The number of carbonyl (C=O) groups excluding carboxylic acids is 2. The summed E-state index contributed by atoms with van der Waals surface area (Å²) >= 11 is 1.32. The molecule has 7 heteroatoms. The molecule has 0 aliphatic rings. The predicted octanol–water partition coefficient (Wildman–Crippen LogP) is 2.21. The Morgan fingerprint density at radius 1 is 1.53 bits per heavy atom. The molecule has 0 unspecified atom stereocenters. The zero-order valence-corrected chi connectivity index (χ0v) is 11.3. The minimum absolute atomic E-state index is 0.189. The second kappa shape index (κ2) is 5.66. The Balaban J connectivity index is 2.21. The summed E-state index contributed by atoms with van der Waals surface area (Å²) in [5, 5.41) is 11.0. The summed E-state index contributed by atoms with van der Waals surface area (Å²) in [6, 6.07) is 3.48. The van der Waals surface area contributed by atoms with Crippen molar-refractivity contribution in [3.8, 4) is 0 Å². The van der Waals surface area contributed by atoms with Crippen molar-refractivity contribution in [2.24, 2.45) is 0 Å². The lowest BCUT2D eigenvalue weighted by atomic mass is 10.2. The molecular weight excluding hydrogens is 266 g/mol. The van der Waals surface area contributed by atoms with Gasteiger partial charge < -0.3 is 10.1 Å². The van der Waals surface area contributed by atoms with E-state index in [-0.39, 0.29) is 23.9 Å². The molecule has 2 N–H and O–H groups in total. The van der Waals surface area contributed by atoms with Crippen LogP contribution in [0, 0.1) is 6.92 Å². The number of rotatable bonds is 4. The van der Waals surface area contributed by atoms with Gasteiger partial charge in [-0.3, -0.25) is 9.89 Å². The summed E-state index contributed by atoms with van der Waals surface area (Å²) in [7, 11) is 0. The Kier molecular flexibility index (Phi) is 3.96. The van der Waals surface area contributed by atoms with Gasteiger partial charge in [0, 0.05) is 5.69 Å². The molecule has 100 valence electrons. The Labute approximate surface area is 113 Å². The first-order valence-corrected chi connectivity index (χ1v) is 6.58. The second-order valence-corrected chi connectivity index (χ2v) is 4.67. The van der Waals surface area contributed by atoms with Gasteiger partial charge in [-0.25, -0.2) is 4.79 Å². The van der Waals surface area contributed by atoms with Crippen LogP contribution in [0.15, 0.2) is 17.5 Å². The number of aromatic amines is 1. The molecule has 0 spiro atoms. The highest BCUT2D eigenvalue weighted by atomic mass is 32.1. The van der Waals surface area contributed by atoms with Crippen LogP contribution in [0.1, 0.15) is 32.6 Å². The molecule has 0 aromatic carbocycles. The molecular formula is C12H13N3O3S. The molecule has 2 heterocycles. The Morgan fingerprint density at radius 3 is 2.95 bits per heavy atom. The molecule has 0 bridgehead atoms. The van der Waals surface area contributed by atoms with Crippen molar-refractivity contribution in [3.05, 3.63) is 33.6 Å². The number of esters is 1. The quantitative estimate of drug-likeness (QED) is 0.840. The molecule has 1 amide bonds. The Bertz CT molecular complexity index is 589. The van der Waals surface area contributed by atoms with Gasteiger partial charge in [0.2, 0.25) is 0 Å². The average molecular weight is 279 g/mol. The van der Waals surface area contributed by atoms with Gasteiger partial charge in [0.1, 0.15) is 5.56 Å². The van der Waals surface area contributed by atoms with E-state index >= 15 is 0 Å². The summed E-state index contributed by atoms with van der Waals surface area (Å²) in [6.07, 6.45) is 0. The number of aryl methyl sites for hydroxylation is 1. The number of hydrogen-bond donors (Lipinski definition) is 2. The molecule has 6 nitrogen and oxygen atoms in total. The predicted molar refractivity (Wildman–Crippen MR) is 71.6 cm³/mol. The fourth-order valence-corrected chi connectivity index (χ4v) is 2.17. The van der Waals surface area contributed by atoms with Crippen molar-refractivity contribution in [2.45, 2.75) is 13.8 Å². The number of amides is 1. The molecule has 0 aliphatic heterocycles. The zero-order chi connectivity index (χ0) is 13.8. The minimum Gasteiger partial charge on any atom is -0.462 e. The van der Waals surface area contributed by atoms with Gasteiger partial charge in [0.25, 0.3) is 5.91 Å². The van der Waals surface area contributed by atoms with Crippen LogP contribution in [0.2, 0.25) is 0 Å². The third-order valence-electron chi connectivity index (χ3n) is 2.40. The molecule has 2 rings (SSSR count). The SMILES string of the molecule is CCOC(=O)c1c(NC(=O)c2cccs2)n[nH]c1C. The van der Waals surface area contributed by atoms with E-state index < -0.39 is 5.97 Å². The highest BCUT2D eigenvalue weighted by molar-refractivity contribution is 7.12. The average Bonchev–Trinajstić information content (AvgIpc) is 2.99. The summed E-state index contributed by atoms with van der Waals surface area (Å²) in [4.78, 5) is 24.2. The van der Waals surface area contributed by atoms with Crippen molar-refractivity contribution >= 4 is 29.0 Å². The maximum atomic E-state index is 11.9. The highest BCUT2D eigenvalue weighted by Gasteiger charge is 2.21. The summed E-state index contributed by atoms with van der Waals surface area (Å²) < 4.78 is 4.93. The van der Waals surface area contributed by atoms with Crippen molar-refractivity contribution in [3.63, 3.8) is 0 Å². The lowest BCUT2D eigenvalue weighted by Crippen LogP contribution is -2.15. The number of thiophene rings is 1. The van der Waals surface area contributed by atoms with Gasteiger partial charge in [0.05, 0.1) is 11.5 Å². The van der Waals surface area contributed by atoms with Crippen LogP contribution >= 0.6 is 11.3 Å². The molecule has 2 aromatic rings. The van der Waals surface area contributed by atoms with E-state index in [9.17, 15) is 9.59 Å². The van der Waals surface area contributed by atoms with E-state index in [2.05, 4.69) is 15.5 Å². The highest BCUT2D eigenvalue weighted by Crippen LogP contribution is 2.19. The van der Waals surface area contributed by atoms with Crippen LogP contribution in [0.25, 0.3) is 0 Å². The number of nitrogens with zero attached hydrogens (tertiary/aromatic N) is 1. The van der Waals surface area contributed by atoms with Crippen LogP contribution in [0.3, 0.4) is 0 Å². The molecule has 0 atom stereocenters. The molecule has 0 saturated heterocycles. The van der Waals surface area contributed by atoms with Crippen molar-refractivity contribution in [1.82, 2.24) is 10.2 Å². The van der Waals surface area contributed by atoms with Crippen molar-refractivity contribution in [1.29, 1.82) is 0 Å². The third-order valence-corrected chi connectivity index (χ3v) is 3.27. The monoisotopic (exact) mass is 279 g/mol. The van der Waals surface area contributed by atoms with Gasteiger partial charge >= 0.3 is 5.97 Å². The summed E-state index contributed by atoms with van der Waals surface area (Å²) in [6.45, 7) is 3.68. The lowest BCUT2D eigenvalue weighted by molar-refractivity contribution is 0.0527. The normalized spacial score (nSPS) is 10.2. The van der Waals surface area contributed by atoms with E-state index in [0.29, 0.717) is 10.6 Å². The molecule has 0 saturated carbocycles. The van der Waals surface area contributed by atoms with Crippen molar-refractivity contribution in [2.75, 3.05) is 11.9 Å². The largest absolute Gasteiger partial charge is 0.462 e. The van der Waals surface area contributed by atoms with Gasteiger partial charge in [0.15, 0.2) is 5.82 Å². The first kappa shape index (κ1) is 13.3. The summed E-state index contributed by atoms with van der Waals surface area (Å²) in [5.74, 6) is -0.614. The number of H-pyrrole nitrogens is 1. The molecule has 2 aromatic heterocycles. The van der Waals surface area contributed by atoms with E-state index in [4.69, 9.17) is 4.74 Å². The van der Waals surface area contributed by atoms with Gasteiger partial charge in [-0.05, 0) is 25.3 Å². The van der Waals surface area contributed by atoms with Crippen LogP contribution < -0.4 is 5.32 Å². The maximum Gasteiger partial charge on any atom is 0.343 e. The van der Waals surface area contributed by atoms with E-state index in [1.165, 1.54) is 11.3 Å². The molecule has 0 radical (unpaired) electrons. The second-order valence-electron chi connectivity index (χ2n) is 3.72. The van der Waals surface area contributed by atoms with Crippen LogP contribution in [-0.4, -0.2) is 28.7 Å². The Morgan fingerprint density at radius 2 is 2.32 bits per heavy atom. The van der Waals surface area contributed by atoms with E-state index in [1.807, 2.05) is 0 Å². The van der Waals surface area contributed by atoms with Gasteiger partial charge in [-0.2, -0.15) is 5.10 Å². The van der Waals surface area contributed by atoms with Crippen molar-refractivity contribution < 1.29 is 14.3 Å². The standard InChI is InChI=1S/C12H13N3O3S/c1-3-18-12(17)9-7(2)14-15-10(9)13-11(16)8-5-4-6-19-8/h4-6H,3H2,1-2H3,(H2,13,14,15,16). The number of ether oxygens (including phenoxy) is 1. The van der Waals surface area contributed by atoms with Crippen LogP contribution in [0.5, 0.6) is 0 Å². The number of hydrogen-bond acceptors (Lipinski definition) is 5. The van der Waals surface area contributed by atoms with E-state index in [1.54, 1.807) is 31.4 Å². The third kappa shape index (κ3) is 2.82. The van der Waals surface area contributed by atoms with Gasteiger partial charge in [-0.1, -0.05) is 6.07 Å². The smallest absolute Gasteiger partial charge is 0.343 e.